The minimum Gasteiger partial charge on any atom is -0.416 e. The lowest BCUT2D eigenvalue weighted by Crippen LogP contribution is -2.44. The molecule has 0 spiro atoms. The van der Waals surface area contributed by atoms with Crippen LogP contribution in [0.25, 0.3) is 16.8 Å². The second-order valence-corrected chi connectivity index (χ2v) is 15.4. The van der Waals surface area contributed by atoms with E-state index in [9.17, 15) is 0 Å². The molecule has 1 aliphatic rings. The zero-order valence-electron chi connectivity index (χ0n) is 20.3. The van der Waals surface area contributed by atoms with Crippen LogP contribution >= 0.6 is 0 Å². The van der Waals surface area contributed by atoms with Gasteiger partial charge in [0.1, 0.15) is 5.82 Å². The first-order valence-corrected chi connectivity index (χ1v) is 14.5. The maximum atomic E-state index is 6.41. The maximum absolute atomic E-state index is 6.41. The largest absolute Gasteiger partial charge is 0.416 e. The van der Waals surface area contributed by atoms with Crippen LogP contribution in [0, 0.1) is 0 Å². The van der Waals surface area contributed by atoms with Crippen LogP contribution in [0.1, 0.15) is 45.2 Å². The minimum absolute atomic E-state index is 0.242. The van der Waals surface area contributed by atoms with Crippen molar-refractivity contribution in [3.05, 3.63) is 30.4 Å². The fourth-order valence-electron chi connectivity index (χ4n) is 4.13. The van der Waals surface area contributed by atoms with E-state index >= 15 is 0 Å². The molecule has 4 rings (SSSR count). The molecule has 0 saturated carbocycles. The molecule has 0 aliphatic carbocycles. The van der Waals surface area contributed by atoms with Crippen LogP contribution in [-0.2, 0) is 11.5 Å². The van der Waals surface area contributed by atoms with E-state index in [0.717, 1.165) is 61.6 Å². The molecule has 0 aromatic carbocycles. The van der Waals surface area contributed by atoms with E-state index in [1.165, 1.54) is 0 Å². The second kappa shape index (κ2) is 8.61. The topological polar surface area (TPSA) is 86.5 Å². The van der Waals surface area contributed by atoms with Crippen LogP contribution < -0.4 is 5.73 Å². The summed E-state index contributed by atoms with van der Waals surface area (Å²) in [4.78, 5) is 7.54. The molecule has 1 unspecified atom stereocenters. The van der Waals surface area contributed by atoms with E-state index < -0.39 is 8.32 Å². The van der Waals surface area contributed by atoms with Crippen molar-refractivity contribution in [2.75, 3.05) is 32.0 Å². The molecule has 3 aromatic rings. The van der Waals surface area contributed by atoms with E-state index in [1.807, 2.05) is 31.7 Å². The Morgan fingerprint density at radius 3 is 2.69 bits per heavy atom. The van der Waals surface area contributed by atoms with Gasteiger partial charge in [-0.15, -0.1) is 0 Å². The SMILES string of the molecule is Cn1cc(-c2cnn3c(N)cc(C4CCCN(CCO[Si](C)(C)C(C)(C)C)C4)nc23)cn1. The average Bonchev–Trinajstić information content (AvgIpc) is 3.33. The molecule has 174 valence electrons. The van der Waals surface area contributed by atoms with Gasteiger partial charge in [0.25, 0.3) is 0 Å². The van der Waals surface area contributed by atoms with Crippen molar-refractivity contribution < 1.29 is 4.43 Å². The smallest absolute Gasteiger partial charge is 0.192 e. The van der Waals surface area contributed by atoms with Gasteiger partial charge in [-0.05, 0) is 37.5 Å². The van der Waals surface area contributed by atoms with Gasteiger partial charge < -0.3 is 15.1 Å². The summed E-state index contributed by atoms with van der Waals surface area (Å²) in [5, 5.41) is 8.99. The quantitative estimate of drug-likeness (QED) is 0.567. The number of nitrogen functional groups attached to an aromatic ring is 1. The van der Waals surface area contributed by atoms with E-state index in [0.29, 0.717) is 11.7 Å². The van der Waals surface area contributed by atoms with Gasteiger partial charge in [0.15, 0.2) is 14.0 Å². The van der Waals surface area contributed by atoms with Gasteiger partial charge in [-0.2, -0.15) is 14.7 Å². The van der Waals surface area contributed by atoms with E-state index in [1.54, 1.807) is 9.20 Å². The molecule has 1 saturated heterocycles. The molecule has 0 amide bonds. The van der Waals surface area contributed by atoms with Crippen LogP contribution in [0.4, 0.5) is 5.82 Å². The number of likely N-dealkylation sites (tertiary alicyclic amines) is 1. The number of nitrogens with two attached hydrogens (primary N) is 1. The number of anilines is 1. The Kier molecular flexibility index (Phi) is 6.17. The number of aromatic nitrogens is 5. The molecule has 0 radical (unpaired) electrons. The van der Waals surface area contributed by atoms with Crippen molar-refractivity contribution >= 4 is 19.8 Å². The predicted molar refractivity (Wildman–Crippen MR) is 131 cm³/mol. The zero-order chi connectivity index (χ0) is 23.1. The highest BCUT2D eigenvalue weighted by molar-refractivity contribution is 6.74. The van der Waals surface area contributed by atoms with E-state index in [2.05, 4.69) is 49.0 Å². The Morgan fingerprint density at radius 1 is 1.22 bits per heavy atom. The molecule has 1 atom stereocenters. The summed E-state index contributed by atoms with van der Waals surface area (Å²) in [5.74, 6) is 0.985. The van der Waals surface area contributed by atoms with Crippen molar-refractivity contribution in [3.8, 4) is 11.1 Å². The molecule has 3 aromatic heterocycles. The first kappa shape index (κ1) is 22.9. The average molecular weight is 456 g/mol. The number of hydrogen-bond donors (Lipinski definition) is 1. The first-order chi connectivity index (χ1) is 15.0. The zero-order valence-corrected chi connectivity index (χ0v) is 21.3. The van der Waals surface area contributed by atoms with Gasteiger partial charge in [0.05, 0.1) is 18.1 Å². The minimum atomic E-state index is -1.71. The van der Waals surface area contributed by atoms with Gasteiger partial charge in [-0.3, -0.25) is 4.68 Å². The van der Waals surface area contributed by atoms with Crippen molar-refractivity contribution in [2.45, 2.75) is 57.7 Å². The number of aryl methyl sites for hydroxylation is 1. The molecular weight excluding hydrogens is 418 g/mol. The lowest BCUT2D eigenvalue weighted by atomic mass is 9.94. The summed E-state index contributed by atoms with van der Waals surface area (Å²) in [6, 6.07) is 1.99. The molecule has 4 heterocycles. The molecule has 1 aliphatic heterocycles. The molecule has 8 nitrogen and oxygen atoms in total. The summed E-state index contributed by atoms with van der Waals surface area (Å²) < 4.78 is 9.92. The summed E-state index contributed by atoms with van der Waals surface area (Å²) in [5.41, 5.74) is 10.2. The van der Waals surface area contributed by atoms with Gasteiger partial charge in [0, 0.05) is 56.1 Å². The Morgan fingerprint density at radius 2 is 2.00 bits per heavy atom. The summed E-state index contributed by atoms with van der Waals surface area (Å²) >= 11 is 0. The van der Waals surface area contributed by atoms with Crippen molar-refractivity contribution in [1.29, 1.82) is 0 Å². The number of rotatable bonds is 6. The fraction of sp³-hybridized carbons (Fsp3) is 0.609. The Balaban J connectivity index is 1.49. The summed E-state index contributed by atoms with van der Waals surface area (Å²) in [6.45, 7) is 15.4. The molecule has 2 N–H and O–H groups in total. The van der Waals surface area contributed by atoms with Crippen LogP contribution in [-0.4, -0.2) is 63.8 Å². The van der Waals surface area contributed by atoms with Gasteiger partial charge >= 0.3 is 0 Å². The van der Waals surface area contributed by atoms with Gasteiger partial charge in [-0.25, -0.2) is 4.98 Å². The number of piperidine rings is 1. The van der Waals surface area contributed by atoms with Crippen LogP contribution in [0.15, 0.2) is 24.7 Å². The van der Waals surface area contributed by atoms with Crippen LogP contribution in [0.5, 0.6) is 0 Å². The summed E-state index contributed by atoms with van der Waals surface area (Å²) in [6.07, 6.45) is 7.92. The molecule has 1 fully saturated rings. The fourth-order valence-corrected chi connectivity index (χ4v) is 5.16. The van der Waals surface area contributed by atoms with Crippen LogP contribution in [0.3, 0.4) is 0 Å². The summed E-state index contributed by atoms with van der Waals surface area (Å²) in [7, 11) is 0.201. The first-order valence-electron chi connectivity index (χ1n) is 11.5. The van der Waals surface area contributed by atoms with Gasteiger partial charge in [0.2, 0.25) is 0 Å². The molecular formula is C23H37N7OSi. The molecule has 32 heavy (non-hydrogen) atoms. The van der Waals surface area contributed by atoms with Crippen molar-refractivity contribution in [3.63, 3.8) is 0 Å². The Labute approximate surface area is 191 Å². The molecule has 9 heteroatoms. The van der Waals surface area contributed by atoms with Crippen LogP contribution in [0.2, 0.25) is 18.1 Å². The second-order valence-electron chi connectivity index (χ2n) is 10.6. The third-order valence-electron chi connectivity index (χ3n) is 7.14. The third kappa shape index (κ3) is 4.60. The number of hydrogen-bond acceptors (Lipinski definition) is 6. The highest BCUT2D eigenvalue weighted by Crippen LogP contribution is 2.36. The normalized spacial score (nSPS) is 18.5. The van der Waals surface area contributed by atoms with E-state index in [-0.39, 0.29) is 5.04 Å². The standard InChI is InChI=1S/C23H37N7OSi/c1-23(2,3)32(5,6)31-11-10-29-9-7-8-17(16-29)20-12-21(24)30-22(27-20)19(14-26-30)18-13-25-28(4)15-18/h12-15,17H,7-11,16,24H2,1-6H3. The van der Waals surface area contributed by atoms with Crippen molar-refractivity contribution in [1.82, 2.24) is 29.3 Å². The highest BCUT2D eigenvalue weighted by atomic mass is 28.4. The van der Waals surface area contributed by atoms with Crippen molar-refractivity contribution in [2.24, 2.45) is 7.05 Å². The Hall–Kier alpha value is -2.23. The number of nitrogens with zero attached hydrogens (tertiary/aromatic N) is 6. The Bertz CT molecular complexity index is 1080. The lowest BCUT2D eigenvalue weighted by Gasteiger charge is -2.38. The predicted octanol–water partition coefficient (Wildman–Crippen LogP) is 3.91. The van der Waals surface area contributed by atoms with E-state index in [4.69, 9.17) is 15.1 Å². The highest BCUT2D eigenvalue weighted by Gasteiger charge is 2.37. The molecule has 0 bridgehead atoms. The third-order valence-corrected chi connectivity index (χ3v) is 11.7. The maximum Gasteiger partial charge on any atom is 0.192 e. The monoisotopic (exact) mass is 455 g/mol. The number of fused-ring (bicyclic) bond motifs is 1. The van der Waals surface area contributed by atoms with Gasteiger partial charge in [-0.1, -0.05) is 20.8 Å². The lowest BCUT2D eigenvalue weighted by molar-refractivity contribution is 0.162.